The van der Waals surface area contributed by atoms with E-state index in [0.717, 1.165) is 49.4 Å². The minimum Gasteiger partial charge on any atom is -0.313 e. The van der Waals surface area contributed by atoms with Crippen LogP contribution in [0.4, 0.5) is 0 Å². The predicted octanol–water partition coefficient (Wildman–Crippen LogP) is 4.99. The maximum absolute atomic E-state index is 4.69. The molecule has 152 valence electrons. The third-order valence-electron chi connectivity index (χ3n) is 4.73. The van der Waals surface area contributed by atoms with Gasteiger partial charge in [-0.3, -0.25) is 4.98 Å². The van der Waals surface area contributed by atoms with Gasteiger partial charge < -0.3 is 5.32 Å². The molecule has 0 saturated heterocycles. The fourth-order valence-corrected chi connectivity index (χ4v) is 4.04. The van der Waals surface area contributed by atoms with Crippen LogP contribution in [0.1, 0.15) is 50.9 Å². The molecule has 1 rings (SSSR count). The molecule has 4 nitrogen and oxygen atoms in total. The average Bonchev–Trinajstić information content (AvgIpc) is 2.66. The Kier molecular flexibility index (Phi) is 11.6. The van der Waals surface area contributed by atoms with Crippen LogP contribution in [0, 0.1) is 6.92 Å². The Hall–Kier alpha value is -1.14. The Labute approximate surface area is 171 Å². The monoisotopic (exact) mass is 390 g/mol. The van der Waals surface area contributed by atoms with Gasteiger partial charge in [0.15, 0.2) is 0 Å². The molecule has 0 radical (unpaired) electrons. The summed E-state index contributed by atoms with van der Waals surface area (Å²) in [5.74, 6) is 0.899. The molecule has 2 unspecified atom stereocenters. The van der Waals surface area contributed by atoms with Gasteiger partial charge in [0, 0.05) is 30.6 Å². The van der Waals surface area contributed by atoms with E-state index in [-0.39, 0.29) is 0 Å². The number of nitrogens with one attached hydrogen (secondary N) is 1. The summed E-state index contributed by atoms with van der Waals surface area (Å²) in [4.78, 5) is 4.69. The lowest BCUT2D eigenvalue weighted by Gasteiger charge is -2.36. The molecule has 27 heavy (non-hydrogen) atoms. The Morgan fingerprint density at radius 2 is 2.00 bits per heavy atom. The van der Waals surface area contributed by atoms with Crippen molar-refractivity contribution in [3.8, 4) is 0 Å². The second-order valence-electron chi connectivity index (χ2n) is 6.99. The van der Waals surface area contributed by atoms with Crippen LogP contribution in [-0.4, -0.2) is 46.3 Å². The predicted molar refractivity (Wildman–Crippen MR) is 121 cm³/mol. The summed E-state index contributed by atoms with van der Waals surface area (Å²) in [5.41, 5.74) is 3.39. The zero-order chi connectivity index (χ0) is 20.2. The lowest BCUT2D eigenvalue weighted by Crippen LogP contribution is -2.42. The highest BCUT2D eigenvalue weighted by atomic mass is 32.2. The van der Waals surface area contributed by atoms with E-state index >= 15 is 0 Å². The van der Waals surface area contributed by atoms with Gasteiger partial charge in [0.1, 0.15) is 0 Å². The zero-order valence-electron chi connectivity index (χ0n) is 17.9. The van der Waals surface area contributed by atoms with E-state index in [1.807, 2.05) is 20.0 Å². The molecule has 1 heterocycles. The van der Waals surface area contributed by atoms with Gasteiger partial charge in [-0.2, -0.15) is 4.41 Å². The number of hydrogen-bond acceptors (Lipinski definition) is 5. The molecule has 0 aliphatic heterocycles. The summed E-state index contributed by atoms with van der Waals surface area (Å²) in [6.45, 7) is 15.6. The molecule has 0 fully saturated rings. The van der Waals surface area contributed by atoms with Crippen molar-refractivity contribution in [3.63, 3.8) is 0 Å². The van der Waals surface area contributed by atoms with Crippen molar-refractivity contribution < 1.29 is 0 Å². The van der Waals surface area contributed by atoms with Gasteiger partial charge in [0.2, 0.25) is 0 Å². The van der Waals surface area contributed by atoms with Crippen molar-refractivity contribution in [3.05, 3.63) is 54.4 Å². The fraction of sp³-hybridized carbons (Fsp3) is 0.591. The molecular formula is C22H38N4S. The number of likely N-dealkylation sites (N-methyl/N-ethyl adjacent to an activating group) is 1. The van der Waals surface area contributed by atoms with Crippen molar-refractivity contribution in [1.82, 2.24) is 19.7 Å². The van der Waals surface area contributed by atoms with Crippen molar-refractivity contribution in [2.75, 3.05) is 19.8 Å². The number of hydrazine groups is 1. The number of pyridine rings is 1. The second kappa shape index (κ2) is 13.1. The van der Waals surface area contributed by atoms with Crippen LogP contribution in [0.25, 0.3) is 0 Å². The van der Waals surface area contributed by atoms with Gasteiger partial charge >= 0.3 is 0 Å². The first-order valence-electron chi connectivity index (χ1n) is 9.99. The summed E-state index contributed by atoms with van der Waals surface area (Å²) < 4.78 is 2.25. The number of rotatable bonds is 14. The highest BCUT2D eigenvalue weighted by Gasteiger charge is 2.21. The first-order valence-corrected chi connectivity index (χ1v) is 10.9. The lowest BCUT2D eigenvalue weighted by molar-refractivity contribution is 0.0487. The van der Waals surface area contributed by atoms with Crippen LogP contribution >= 0.6 is 11.9 Å². The molecule has 0 spiro atoms. The van der Waals surface area contributed by atoms with Gasteiger partial charge in [0.25, 0.3) is 0 Å². The molecule has 1 aromatic rings. The maximum atomic E-state index is 4.69. The molecular weight excluding hydrogens is 352 g/mol. The second-order valence-corrected chi connectivity index (χ2v) is 8.06. The normalized spacial score (nSPS) is 13.7. The number of aryl methyl sites for hydroxylation is 1. The molecule has 0 amide bonds. The highest BCUT2D eigenvalue weighted by molar-refractivity contribution is 7.97. The molecule has 5 heteroatoms. The van der Waals surface area contributed by atoms with E-state index in [1.165, 1.54) is 5.57 Å². The van der Waals surface area contributed by atoms with E-state index in [1.54, 1.807) is 11.9 Å². The van der Waals surface area contributed by atoms with Gasteiger partial charge in [0.05, 0.1) is 12.2 Å². The maximum Gasteiger partial charge on any atom is 0.0573 e. The molecule has 2 atom stereocenters. The Bertz CT molecular complexity index is 575. The Morgan fingerprint density at radius 3 is 2.56 bits per heavy atom. The van der Waals surface area contributed by atoms with Gasteiger partial charge in [-0.1, -0.05) is 57.4 Å². The largest absolute Gasteiger partial charge is 0.313 e. The van der Waals surface area contributed by atoms with Crippen LogP contribution in [-0.2, 0) is 6.54 Å². The molecule has 0 bridgehead atoms. The third-order valence-corrected chi connectivity index (χ3v) is 5.81. The Morgan fingerprint density at radius 1 is 1.30 bits per heavy atom. The van der Waals surface area contributed by atoms with Crippen molar-refractivity contribution >= 4 is 11.9 Å². The fourth-order valence-electron chi connectivity index (χ4n) is 3.16. The van der Waals surface area contributed by atoms with Gasteiger partial charge in [-0.25, -0.2) is 5.01 Å². The first-order chi connectivity index (χ1) is 13.0. The first kappa shape index (κ1) is 23.9. The Balaban J connectivity index is 2.84. The molecule has 0 aliphatic carbocycles. The van der Waals surface area contributed by atoms with Crippen molar-refractivity contribution in [1.29, 1.82) is 0 Å². The topological polar surface area (TPSA) is 31.4 Å². The minimum atomic E-state index is 0.291. The third kappa shape index (κ3) is 8.18. The van der Waals surface area contributed by atoms with Gasteiger partial charge in [-0.15, -0.1) is 6.58 Å². The molecule has 1 N–H and O–H groups in total. The zero-order valence-corrected chi connectivity index (χ0v) is 18.7. The number of aromatic nitrogens is 1. The molecule has 0 saturated carbocycles. The van der Waals surface area contributed by atoms with Crippen LogP contribution in [0.2, 0.25) is 0 Å². The molecule has 0 aromatic carbocycles. The van der Waals surface area contributed by atoms with E-state index in [0.29, 0.717) is 12.1 Å². The smallest absolute Gasteiger partial charge is 0.0573 e. The lowest BCUT2D eigenvalue weighted by atomic mass is 10.1. The van der Waals surface area contributed by atoms with Crippen LogP contribution in [0.15, 0.2) is 43.0 Å². The number of hydrogen-bond donors (Lipinski definition) is 1. The molecule has 0 aliphatic rings. The van der Waals surface area contributed by atoms with Crippen LogP contribution in [0.5, 0.6) is 0 Å². The summed E-state index contributed by atoms with van der Waals surface area (Å²) in [7, 11) is 4.15. The number of nitrogens with zero attached hydrogens (tertiary/aromatic N) is 3. The summed E-state index contributed by atoms with van der Waals surface area (Å²) >= 11 is 1.80. The SMILES string of the molecule is C=CC(CCC)N(Cc1cccc(C)n1)N(C)SCC(=C)C(CCC)NC. The van der Waals surface area contributed by atoms with E-state index < -0.39 is 0 Å². The summed E-state index contributed by atoms with van der Waals surface area (Å²) in [5, 5.41) is 5.75. The highest BCUT2D eigenvalue weighted by Crippen LogP contribution is 2.23. The van der Waals surface area contributed by atoms with Crippen molar-refractivity contribution in [2.45, 2.75) is 65.1 Å². The van der Waals surface area contributed by atoms with Crippen LogP contribution in [0.3, 0.4) is 0 Å². The minimum absolute atomic E-state index is 0.291. The summed E-state index contributed by atoms with van der Waals surface area (Å²) in [6.07, 6.45) is 6.54. The van der Waals surface area contributed by atoms with E-state index in [2.05, 4.69) is 67.0 Å². The van der Waals surface area contributed by atoms with Gasteiger partial charge in [-0.05, 0) is 44.5 Å². The van der Waals surface area contributed by atoms with Crippen LogP contribution < -0.4 is 5.32 Å². The standard InChI is InChI=1S/C22H38N4S/c1-8-12-21(10-3)26(16-20-15-11-14-19(5)24-20)25(7)27-17-18(4)22(23-6)13-9-2/h10-11,14-15,21-23H,3-4,8-9,12-13,16-17H2,1-2,5-7H3. The summed E-state index contributed by atoms with van der Waals surface area (Å²) in [6, 6.07) is 6.89. The van der Waals surface area contributed by atoms with Crippen molar-refractivity contribution in [2.24, 2.45) is 0 Å². The van der Waals surface area contributed by atoms with E-state index in [4.69, 9.17) is 4.98 Å². The average molecular weight is 391 g/mol. The quantitative estimate of drug-likeness (QED) is 0.275. The molecule has 1 aromatic heterocycles. The van der Waals surface area contributed by atoms with E-state index in [9.17, 15) is 0 Å².